The van der Waals surface area contributed by atoms with Gasteiger partial charge < -0.3 is 15.0 Å². The molecule has 2 aliphatic heterocycles. The molecule has 1 N–H and O–H groups in total. The van der Waals surface area contributed by atoms with Crippen LogP contribution in [0.25, 0.3) is 0 Å². The first kappa shape index (κ1) is 21.8. The molecular formula is C25H30N2O3S. The normalized spacial score (nSPS) is 19.0. The van der Waals surface area contributed by atoms with Crippen molar-refractivity contribution < 1.29 is 14.3 Å². The van der Waals surface area contributed by atoms with Crippen molar-refractivity contribution in [2.24, 2.45) is 5.92 Å². The Bertz CT molecular complexity index is 936. The molecule has 2 amide bonds. The highest BCUT2D eigenvalue weighted by molar-refractivity contribution is 8.00. The lowest BCUT2D eigenvalue weighted by Crippen LogP contribution is -2.38. The van der Waals surface area contributed by atoms with E-state index < -0.39 is 0 Å². The maximum Gasteiger partial charge on any atom is 0.253 e. The number of aryl methyl sites for hydroxylation is 1. The lowest BCUT2D eigenvalue weighted by atomic mass is 9.90. The molecule has 0 aromatic heterocycles. The van der Waals surface area contributed by atoms with E-state index >= 15 is 0 Å². The summed E-state index contributed by atoms with van der Waals surface area (Å²) in [6.07, 6.45) is 4.29. The third-order valence-corrected chi connectivity index (χ3v) is 7.31. The van der Waals surface area contributed by atoms with Gasteiger partial charge in [-0.05, 0) is 81.3 Å². The van der Waals surface area contributed by atoms with Gasteiger partial charge in [0.2, 0.25) is 5.91 Å². The van der Waals surface area contributed by atoms with Crippen LogP contribution in [0, 0.1) is 5.92 Å². The van der Waals surface area contributed by atoms with E-state index in [4.69, 9.17) is 4.74 Å². The number of rotatable bonds is 6. The maximum absolute atomic E-state index is 13.0. The Kier molecular flexibility index (Phi) is 6.86. The van der Waals surface area contributed by atoms with Gasteiger partial charge >= 0.3 is 0 Å². The summed E-state index contributed by atoms with van der Waals surface area (Å²) < 4.78 is 5.51. The van der Waals surface area contributed by atoms with E-state index in [0.717, 1.165) is 55.1 Å². The number of benzene rings is 2. The van der Waals surface area contributed by atoms with Gasteiger partial charge in [-0.25, -0.2) is 0 Å². The van der Waals surface area contributed by atoms with E-state index in [0.29, 0.717) is 18.1 Å². The number of likely N-dealkylation sites (tertiary alicyclic amines) is 1. The topological polar surface area (TPSA) is 58.6 Å². The van der Waals surface area contributed by atoms with Gasteiger partial charge in [-0.2, -0.15) is 0 Å². The summed E-state index contributed by atoms with van der Waals surface area (Å²) in [5, 5.41) is 2.82. The van der Waals surface area contributed by atoms with Crippen molar-refractivity contribution in [1.82, 2.24) is 4.90 Å². The molecule has 2 aromatic rings. The number of fused-ring (bicyclic) bond motifs is 1. The number of amides is 2. The second-order valence-corrected chi connectivity index (χ2v) is 9.69. The highest BCUT2D eigenvalue weighted by atomic mass is 32.2. The smallest absolute Gasteiger partial charge is 0.253 e. The number of ether oxygens (including phenoxy) is 1. The predicted molar refractivity (Wildman–Crippen MR) is 125 cm³/mol. The maximum atomic E-state index is 13.0. The molecule has 0 radical (unpaired) electrons. The van der Waals surface area contributed by atoms with Crippen molar-refractivity contribution in [3.05, 3.63) is 53.6 Å². The molecule has 1 fully saturated rings. The van der Waals surface area contributed by atoms with Gasteiger partial charge in [0.05, 0.1) is 17.5 Å². The largest absolute Gasteiger partial charge is 0.494 e. The Morgan fingerprint density at radius 2 is 1.90 bits per heavy atom. The molecule has 6 heteroatoms. The van der Waals surface area contributed by atoms with E-state index in [1.54, 1.807) is 0 Å². The van der Waals surface area contributed by atoms with Gasteiger partial charge in [0.25, 0.3) is 5.91 Å². The Morgan fingerprint density at radius 3 is 2.61 bits per heavy atom. The van der Waals surface area contributed by atoms with Crippen LogP contribution in [0.3, 0.4) is 0 Å². The molecule has 2 heterocycles. The highest BCUT2D eigenvalue weighted by Gasteiger charge is 2.27. The third-order valence-electron chi connectivity index (χ3n) is 6.13. The Hall–Kier alpha value is -2.47. The second-order valence-electron chi connectivity index (χ2n) is 8.31. The van der Waals surface area contributed by atoms with E-state index in [2.05, 4.69) is 17.4 Å². The quantitative estimate of drug-likeness (QED) is 0.689. The van der Waals surface area contributed by atoms with Crippen LogP contribution in [0.2, 0.25) is 0 Å². The number of nitrogens with zero attached hydrogens (tertiary/aromatic N) is 1. The molecular weight excluding hydrogens is 408 g/mol. The average molecular weight is 439 g/mol. The fraction of sp³-hybridized carbons (Fsp3) is 0.440. The van der Waals surface area contributed by atoms with Crippen LogP contribution in [0.1, 0.15) is 49.0 Å². The molecule has 0 spiro atoms. The molecule has 0 saturated carbocycles. The molecule has 0 aliphatic carbocycles. The zero-order valence-corrected chi connectivity index (χ0v) is 19.0. The van der Waals surface area contributed by atoms with Crippen LogP contribution in [-0.2, 0) is 11.2 Å². The highest BCUT2D eigenvalue weighted by Crippen LogP contribution is 2.36. The summed E-state index contributed by atoms with van der Waals surface area (Å²) in [7, 11) is 0. The first-order chi connectivity index (χ1) is 15.0. The van der Waals surface area contributed by atoms with Gasteiger partial charge in [-0.15, -0.1) is 11.8 Å². The van der Waals surface area contributed by atoms with Crippen LogP contribution < -0.4 is 10.1 Å². The van der Waals surface area contributed by atoms with Gasteiger partial charge in [-0.1, -0.05) is 12.1 Å². The van der Waals surface area contributed by atoms with Gasteiger partial charge in [0.15, 0.2) is 0 Å². The summed E-state index contributed by atoms with van der Waals surface area (Å²) >= 11 is 1.54. The molecule has 2 aromatic carbocycles. The van der Waals surface area contributed by atoms with Crippen LogP contribution in [0.15, 0.2) is 47.4 Å². The molecule has 1 saturated heterocycles. The van der Waals surface area contributed by atoms with Crippen LogP contribution in [0.5, 0.6) is 5.75 Å². The minimum atomic E-state index is -0.101. The molecule has 31 heavy (non-hydrogen) atoms. The minimum Gasteiger partial charge on any atom is -0.494 e. The summed E-state index contributed by atoms with van der Waals surface area (Å²) in [5.41, 5.74) is 2.75. The summed E-state index contributed by atoms with van der Waals surface area (Å²) in [5.74, 6) is 1.63. The molecule has 0 bridgehead atoms. The lowest BCUT2D eigenvalue weighted by molar-refractivity contribution is -0.115. The number of nitrogens with one attached hydrogen (secondary N) is 1. The third kappa shape index (κ3) is 5.24. The Morgan fingerprint density at radius 1 is 1.16 bits per heavy atom. The standard InChI is InChI=1S/C25H30N2O3S/c1-3-30-21-9-6-18(7-10-21)4-5-19-12-14-27(15-13-19)25(29)20-8-11-23-22(16-20)26-24(28)17(2)31-23/h6-11,16-17,19H,3-5,12-15H2,1-2H3,(H,26,28). The number of anilines is 1. The molecule has 4 rings (SSSR count). The molecule has 164 valence electrons. The van der Waals surface area contributed by atoms with E-state index in [9.17, 15) is 9.59 Å². The second kappa shape index (κ2) is 9.77. The zero-order chi connectivity index (χ0) is 21.8. The fourth-order valence-corrected chi connectivity index (χ4v) is 5.17. The summed E-state index contributed by atoms with van der Waals surface area (Å²) in [4.78, 5) is 27.9. The van der Waals surface area contributed by atoms with Crippen LogP contribution >= 0.6 is 11.8 Å². The van der Waals surface area contributed by atoms with Crippen molar-refractivity contribution in [2.45, 2.75) is 49.7 Å². The summed E-state index contributed by atoms with van der Waals surface area (Å²) in [6.45, 7) is 6.16. The number of piperidine rings is 1. The van der Waals surface area contributed by atoms with Crippen molar-refractivity contribution >= 4 is 29.3 Å². The van der Waals surface area contributed by atoms with Gasteiger partial charge in [0.1, 0.15) is 5.75 Å². The van der Waals surface area contributed by atoms with Crippen molar-refractivity contribution in [2.75, 3.05) is 25.0 Å². The number of carbonyl (C=O) groups excluding carboxylic acids is 2. The first-order valence-corrected chi connectivity index (χ1v) is 12.0. The van der Waals surface area contributed by atoms with Gasteiger partial charge in [0, 0.05) is 23.5 Å². The Balaban J connectivity index is 1.28. The average Bonchev–Trinajstić information content (AvgIpc) is 2.79. The first-order valence-electron chi connectivity index (χ1n) is 11.2. The SMILES string of the molecule is CCOc1ccc(CCC2CCN(C(=O)c3ccc4c(c3)NC(=O)C(C)S4)CC2)cc1. The number of thioether (sulfide) groups is 1. The Labute approximate surface area is 188 Å². The summed E-state index contributed by atoms with van der Waals surface area (Å²) in [6, 6.07) is 14.0. The van der Waals surface area contributed by atoms with Crippen LogP contribution in [0.4, 0.5) is 5.69 Å². The van der Waals surface area contributed by atoms with Crippen molar-refractivity contribution in [3.8, 4) is 5.75 Å². The minimum absolute atomic E-state index is 0.00422. The van der Waals surface area contributed by atoms with E-state index in [-0.39, 0.29) is 17.1 Å². The molecule has 5 nitrogen and oxygen atoms in total. The monoisotopic (exact) mass is 438 g/mol. The van der Waals surface area contributed by atoms with E-state index in [1.165, 1.54) is 17.3 Å². The number of carbonyl (C=O) groups is 2. The zero-order valence-electron chi connectivity index (χ0n) is 18.2. The van der Waals surface area contributed by atoms with Crippen molar-refractivity contribution in [1.29, 1.82) is 0 Å². The molecule has 1 atom stereocenters. The number of hydrogen-bond acceptors (Lipinski definition) is 4. The fourth-order valence-electron chi connectivity index (χ4n) is 4.24. The lowest BCUT2D eigenvalue weighted by Gasteiger charge is -2.32. The van der Waals surface area contributed by atoms with Crippen molar-refractivity contribution in [3.63, 3.8) is 0 Å². The van der Waals surface area contributed by atoms with E-state index in [1.807, 2.05) is 49.1 Å². The van der Waals surface area contributed by atoms with Crippen LogP contribution in [-0.4, -0.2) is 41.7 Å². The van der Waals surface area contributed by atoms with Gasteiger partial charge in [-0.3, -0.25) is 9.59 Å². The number of hydrogen-bond donors (Lipinski definition) is 1. The molecule has 2 aliphatic rings. The molecule has 1 unspecified atom stereocenters. The predicted octanol–water partition coefficient (Wildman–Crippen LogP) is 5.00.